The van der Waals surface area contributed by atoms with Crippen LogP contribution in [0.3, 0.4) is 0 Å². The minimum atomic E-state index is -1.05. The van der Waals surface area contributed by atoms with Crippen LogP contribution in [0.5, 0.6) is 0 Å². The lowest BCUT2D eigenvalue weighted by atomic mass is 10.1. The molecule has 2 rings (SSSR count). The maximum absolute atomic E-state index is 12.0. The Morgan fingerprint density at radius 1 is 1.44 bits per heavy atom. The van der Waals surface area contributed by atoms with E-state index in [1.165, 1.54) is 0 Å². The Morgan fingerprint density at radius 2 is 2.11 bits per heavy atom. The van der Waals surface area contributed by atoms with Gasteiger partial charge in [-0.3, -0.25) is 4.79 Å². The number of carbonyl (C=O) groups is 2. The first-order valence-corrected chi connectivity index (χ1v) is 5.84. The van der Waals surface area contributed by atoms with Crippen molar-refractivity contribution in [2.24, 2.45) is 11.1 Å². The summed E-state index contributed by atoms with van der Waals surface area (Å²) in [4.78, 5) is 23.1. The Labute approximate surface area is 105 Å². The van der Waals surface area contributed by atoms with Crippen molar-refractivity contribution in [2.75, 3.05) is 11.9 Å². The molecule has 5 nitrogen and oxygen atoms in total. The predicted octanol–water partition coefficient (Wildman–Crippen LogP) is 1.37. The predicted molar refractivity (Wildman–Crippen MR) is 67.5 cm³/mol. The summed E-state index contributed by atoms with van der Waals surface area (Å²) in [5, 5.41) is 11.8. The summed E-state index contributed by atoms with van der Waals surface area (Å²) in [6.07, 6.45) is 1.53. The summed E-state index contributed by atoms with van der Waals surface area (Å²) >= 11 is 0. The topological polar surface area (TPSA) is 92.4 Å². The van der Waals surface area contributed by atoms with Gasteiger partial charge in [0.15, 0.2) is 0 Å². The van der Waals surface area contributed by atoms with E-state index in [1.807, 2.05) is 0 Å². The Kier molecular flexibility index (Phi) is 3.09. The summed E-state index contributed by atoms with van der Waals surface area (Å²) in [6, 6.07) is 4.92. The first kappa shape index (κ1) is 12.6. The molecule has 1 amide bonds. The molecule has 0 spiro atoms. The van der Waals surface area contributed by atoms with Gasteiger partial charge in [-0.15, -0.1) is 0 Å². The lowest BCUT2D eigenvalue weighted by Crippen LogP contribution is -2.31. The number of carbonyl (C=O) groups excluding carboxylic acids is 1. The molecule has 4 N–H and O–H groups in total. The second-order valence-corrected chi connectivity index (χ2v) is 4.79. The first-order chi connectivity index (χ1) is 8.48. The number of nitrogens with two attached hydrogens (primary N) is 1. The monoisotopic (exact) mass is 248 g/mol. The molecule has 1 aromatic rings. The highest BCUT2D eigenvalue weighted by Gasteiger charge is 2.48. The number of amides is 1. The highest BCUT2D eigenvalue weighted by molar-refractivity contribution is 6.03. The van der Waals surface area contributed by atoms with E-state index in [0.29, 0.717) is 12.2 Å². The van der Waals surface area contributed by atoms with E-state index in [9.17, 15) is 9.59 Å². The van der Waals surface area contributed by atoms with E-state index >= 15 is 0 Å². The number of carboxylic acid groups (broad SMARTS) is 1. The molecule has 0 aromatic heterocycles. The zero-order valence-electron chi connectivity index (χ0n) is 10.2. The minimum absolute atomic E-state index is 0.108. The van der Waals surface area contributed by atoms with Crippen LogP contribution in [0, 0.1) is 12.3 Å². The largest absolute Gasteiger partial charge is 0.478 e. The quantitative estimate of drug-likeness (QED) is 0.750. The zero-order valence-corrected chi connectivity index (χ0v) is 10.2. The van der Waals surface area contributed by atoms with E-state index in [2.05, 4.69) is 5.32 Å². The van der Waals surface area contributed by atoms with Crippen LogP contribution < -0.4 is 11.1 Å². The number of hydrogen-bond donors (Lipinski definition) is 3. The van der Waals surface area contributed by atoms with Gasteiger partial charge in [0.1, 0.15) is 0 Å². The molecule has 1 aliphatic rings. The SMILES string of the molecule is Cc1ccc(NC(=O)C2(CN)CC2)c(C(=O)O)c1. The molecule has 0 heterocycles. The number of nitrogens with one attached hydrogen (secondary N) is 1. The van der Waals surface area contributed by atoms with Crippen LogP contribution in [0.25, 0.3) is 0 Å². The molecule has 96 valence electrons. The molecular formula is C13H16N2O3. The van der Waals surface area contributed by atoms with Crippen molar-refractivity contribution in [1.29, 1.82) is 0 Å². The maximum Gasteiger partial charge on any atom is 0.337 e. The lowest BCUT2D eigenvalue weighted by Gasteiger charge is -2.14. The minimum Gasteiger partial charge on any atom is -0.478 e. The van der Waals surface area contributed by atoms with E-state index in [1.54, 1.807) is 25.1 Å². The lowest BCUT2D eigenvalue weighted by molar-refractivity contribution is -0.120. The molecule has 0 saturated heterocycles. The molecule has 0 radical (unpaired) electrons. The number of benzene rings is 1. The van der Waals surface area contributed by atoms with Crippen LogP contribution in [0.15, 0.2) is 18.2 Å². The second-order valence-electron chi connectivity index (χ2n) is 4.79. The van der Waals surface area contributed by atoms with Gasteiger partial charge in [0, 0.05) is 6.54 Å². The third-order valence-electron chi connectivity index (χ3n) is 3.38. The average molecular weight is 248 g/mol. The van der Waals surface area contributed by atoms with Crippen LogP contribution in [0.1, 0.15) is 28.8 Å². The Bertz CT molecular complexity index is 507. The van der Waals surface area contributed by atoms with Gasteiger partial charge < -0.3 is 16.2 Å². The van der Waals surface area contributed by atoms with Gasteiger partial charge in [0.05, 0.1) is 16.7 Å². The molecule has 1 aliphatic carbocycles. The number of rotatable bonds is 4. The van der Waals surface area contributed by atoms with Gasteiger partial charge in [0.25, 0.3) is 0 Å². The Hall–Kier alpha value is -1.88. The average Bonchev–Trinajstić information content (AvgIpc) is 3.12. The van der Waals surface area contributed by atoms with Gasteiger partial charge >= 0.3 is 5.97 Å². The highest BCUT2D eigenvalue weighted by atomic mass is 16.4. The van der Waals surface area contributed by atoms with E-state index in [4.69, 9.17) is 10.8 Å². The smallest absolute Gasteiger partial charge is 0.337 e. The fraction of sp³-hybridized carbons (Fsp3) is 0.385. The molecule has 1 saturated carbocycles. The number of carboxylic acids is 1. The van der Waals surface area contributed by atoms with Crippen molar-refractivity contribution in [3.05, 3.63) is 29.3 Å². The third kappa shape index (κ3) is 2.22. The highest BCUT2D eigenvalue weighted by Crippen LogP contribution is 2.45. The molecule has 1 aromatic carbocycles. The van der Waals surface area contributed by atoms with Crippen LogP contribution in [0.2, 0.25) is 0 Å². The molecular weight excluding hydrogens is 232 g/mol. The number of aromatic carboxylic acids is 1. The van der Waals surface area contributed by atoms with E-state index < -0.39 is 11.4 Å². The molecule has 1 fully saturated rings. The second kappa shape index (κ2) is 4.42. The third-order valence-corrected chi connectivity index (χ3v) is 3.38. The van der Waals surface area contributed by atoms with Crippen molar-refractivity contribution in [1.82, 2.24) is 0 Å². The van der Waals surface area contributed by atoms with Crippen molar-refractivity contribution in [3.8, 4) is 0 Å². The maximum atomic E-state index is 12.0. The molecule has 18 heavy (non-hydrogen) atoms. The zero-order chi connectivity index (χ0) is 13.3. The molecule has 0 bridgehead atoms. The van der Waals surface area contributed by atoms with Crippen molar-refractivity contribution in [3.63, 3.8) is 0 Å². The molecule has 0 aliphatic heterocycles. The number of anilines is 1. The van der Waals surface area contributed by atoms with Gasteiger partial charge in [-0.1, -0.05) is 11.6 Å². The summed E-state index contributed by atoms with van der Waals surface area (Å²) < 4.78 is 0. The molecule has 0 unspecified atom stereocenters. The standard InChI is InChI=1S/C13H16N2O3/c1-8-2-3-10(9(6-8)11(16)17)15-12(18)13(7-14)4-5-13/h2-3,6H,4-5,7,14H2,1H3,(H,15,18)(H,16,17). The number of aryl methyl sites for hydroxylation is 1. The summed E-state index contributed by atoms with van der Waals surface area (Å²) in [5.74, 6) is -1.23. The summed E-state index contributed by atoms with van der Waals surface area (Å²) in [6.45, 7) is 2.10. The van der Waals surface area contributed by atoms with Crippen molar-refractivity contribution in [2.45, 2.75) is 19.8 Å². The van der Waals surface area contributed by atoms with Gasteiger partial charge in [-0.25, -0.2) is 4.79 Å². The fourth-order valence-electron chi connectivity index (χ4n) is 1.87. The molecule has 0 atom stereocenters. The number of hydrogen-bond acceptors (Lipinski definition) is 3. The van der Waals surface area contributed by atoms with Crippen LogP contribution in [-0.2, 0) is 4.79 Å². The van der Waals surface area contributed by atoms with Crippen LogP contribution in [-0.4, -0.2) is 23.5 Å². The van der Waals surface area contributed by atoms with Crippen LogP contribution >= 0.6 is 0 Å². The van der Waals surface area contributed by atoms with Crippen molar-refractivity contribution >= 4 is 17.6 Å². The molecule has 5 heteroatoms. The summed E-state index contributed by atoms with van der Waals surface area (Å²) in [7, 11) is 0. The fourth-order valence-corrected chi connectivity index (χ4v) is 1.87. The van der Waals surface area contributed by atoms with Gasteiger partial charge in [0.2, 0.25) is 5.91 Å². The normalized spacial score (nSPS) is 16.1. The van der Waals surface area contributed by atoms with Gasteiger partial charge in [-0.2, -0.15) is 0 Å². The van der Waals surface area contributed by atoms with Crippen molar-refractivity contribution < 1.29 is 14.7 Å². The Balaban J connectivity index is 2.24. The first-order valence-electron chi connectivity index (χ1n) is 5.84. The summed E-state index contributed by atoms with van der Waals surface area (Å²) in [5.41, 5.74) is 6.36. The van der Waals surface area contributed by atoms with E-state index in [-0.39, 0.29) is 11.5 Å². The van der Waals surface area contributed by atoms with Crippen LogP contribution in [0.4, 0.5) is 5.69 Å². The van der Waals surface area contributed by atoms with Gasteiger partial charge in [-0.05, 0) is 31.9 Å². The van der Waals surface area contributed by atoms with E-state index in [0.717, 1.165) is 18.4 Å². The Morgan fingerprint density at radius 3 is 2.61 bits per heavy atom.